The molecule has 4 atom stereocenters. The van der Waals surface area contributed by atoms with Crippen molar-refractivity contribution >= 4 is 46.3 Å². The lowest BCUT2D eigenvalue weighted by Crippen LogP contribution is -2.48. The number of carbonyl (C=O) groups is 2. The van der Waals surface area contributed by atoms with Gasteiger partial charge in [-0.2, -0.15) is 0 Å². The normalized spacial score (nSPS) is 19.2. The second-order valence-corrected chi connectivity index (χ2v) is 18.5. The predicted molar refractivity (Wildman–Crippen MR) is 242 cm³/mol. The lowest BCUT2D eigenvalue weighted by Gasteiger charge is -2.44. The topological polar surface area (TPSA) is 122 Å². The van der Waals surface area contributed by atoms with E-state index in [4.69, 9.17) is 13.9 Å². The van der Waals surface area contributed by atoms with E-state index in [0.717, 1.165) is 53.6 Å². The molecule has 6 aromatic rings. The van der Waals surface area contributed by atoms with Crippen LogP contribution < -0.4 is 0 Å². The Bertz CT molecular complexity index is 2880. The van der Waals surface area contributed by atoms with E-state index >= 15 is 17.6 Å². The van der Waals surface area contributed by atoms with Crippen LogP contribution in [0.5, 0.6) is 0 Å². The van der Waals surface area contributed by atoms with E-state index in [1.165, 1.54) is 40.9 Å². The third-order valence-corrected chi connectivity index (χ3v) is 11.8. The summed E-state index contributed by atoms with van der Waals surface area (Å²) in [5.41, 5.74) is 2.06. The van der Waals surface area contributed by atoms with Gasteiger partial charge in [0.1, 0.15) is 45.6 Å². The Hall–Kier alpha value is -6.26. The molecule has 67 heavy (non-hydrogen) atoms. The van der Waals surface area contributed by atoms with E-state index in [0.29, 0.717) is 57.9 Å². The molecule has 0 saturated carbocycles. The van der Waals surface area contributed by atoms with Crippen molar-refractivity contribution in [1.82, 2.24) is 19.8 Å². The number of alkyl halides is 2. The van der Waals surface area contributed by atoms with Gasteiger partial charge < -0.3 is 18.7 Å². The van der Waals surface area contributed by atoms with Crippen LogP contribution in [0.2, 0.25) is 0 Å². The summed E-state index contributed by atoms with van der Waals surface area (Å²) >= 11 is 0. The summed E-state index contributed by atoms with van der Waals surface area (Å²) in [6.07, 6.45) is 5.44. The number of carboxylic acids is 1. The summed E-state index contributed by atoms with van der Waals surface area (Å²) < 4.78 is 107. The van der Waals surface area contributed by atoms with Gasteiger partial charge in [-0.05, 0) is 148 Å². The van der Waals surface area contributed by atoms with Gasteiger partial charge in [-0.25, -0.2) is 45.9 Å². The molecule has 2 aromatic heterocycles. The van der Waals surface area contributed by atoms with Gasteiger partial charge >= 0.3 is 11.9 Å². The zero-order valence-corrected chi connectivity index (χ0v) is 38.6. The average Bonchev–Trinajstić information content (AvgIpc) is 3.77. The van der Waals surface area contributed by atoms with Crippen LogP contribution in [-0.2, 0) is 27.2 Å². The van der Waals surface area contributed by atoms with Crippen LogP contribution in [0.25, 0.3) is 34.4 Å². The van der Waals surface area contributed by atoms with Gasteiger partial charge in [-0.3, -0.25) is 9.80 Å². The maximum Gasteiger partial charge on any atom is 0.330 e. The van der Waals surface area contributed by atoms with Crippen molar-refractivity contribution in [1.29, 1.82) is 0 Å². The third kappa shape index (κ3) is 10.8. The zero-order chi connectivity index (χ0) is 48.9. The molecular weight excluding hydrogens is 879 g/mol. The number of oxazole rings is 2. The monoisotopic (exact) mass is 930 g/mol. The molecule has 0 spiro atoms. The molecule has 16 heteroatoms. The Morgan fingerprint density at radius 2 is 1.06 bits per heavy atom. The first kappa shape index (κ1) is 48.7. The summed E-state index contributed by atoms with van der Waals surface area (Å²) in [6.45, 7) is 13.0. The maximum atomic E-state index is 15.5. The number of aryl methyl sites for hydroxylation is 2. The number of halogens is 6. The van der Waals surface area contributed by atoms with Gasteiger partial charge in [0, 0.05) is 62.3 Å². The van der Waals surface area contributed by atoms with Crippen LogP contribution in [0, 0.1) is 37.1 Å². The predicted octanol–water partition coefficient (Wildman–Crippen LogP) is 11.3. The fraction of sp³-hybridized carbons (Fsp3) is 0.373. The van der Waals surface area contributed by atoms with Crippen LogP contribution in [0.15, 0.2) is 69.5 Å². The molecule has 10 nitrogen and oxygen atoms in total. The average molecular weight is 931 g/mol. The standard InChI is InChI=1S/C26H27F3N2O3.C25H25F3N2O3/c1-14-8-17-11-22-21(30-15(2)34-22)12-18(17)25(31(14)13-26(3,4)29)24-19(27)9-16(10-20(24)28)6-7-23(32)33-5;1-13-7-16-10-21-20(29-14(2)33-21)11-17(16)24(30(13)12-25(3,4)28)23-18(26)8-15(9-19(23)27)5-6-22(31)32/h6-7,9-12,14,25H,8,13H2,1-5H3;5-6,8-11,13,24H,7,12H2,1-4H3,(H,31,32)/b7-6+;6-5+. The largest absolute Gasteiger partial charge is 0.478 e. The van der Waals surface area contributed by atoms with Crippen LogP contribution in [-0.4, -0.2) is 80.4 Å². The Kier molecular flexibility index (Phi) is 13.6. The highest BCUT2D eigenvalue weighted by atomic mass is 19.2. The van der Waals surface area contributed by atoms with E-state index in [-0.39, 0.29) is 47.4 Å². The van der Waals surface area contributed by atoms with Crippen molar-refractivity contribution in [3.05, 3.63) is 140 Å². The zero-order valence-electron chi connectivity index (χ0n) is 38.6. The minimum absolute atomic E-state index is 0.0168. The quantitative estimate of drug-likeness (QED) is 0.0807. The minimum atomic E-state index is -1.60. The second kappa shape index (κ2) is 18.8. The van der Waals surface area contributed by atoms with Crippen molar-refractivity contribution in [3.8, 4) is 0 Å². The number of methoxy groups -OCH3 is 1. The lowest BCUT2D eigenvalue weighted by molar-refractivity contribution is -0.135. The number of aliphatic carboxylic acids is 1. The number of aromatic nitrogens is 2. The number of carbonyl (C=O) groups excluding carboxylic acids is 1. The first-order valence-electron chi connectivity index (χ1n) is 21.7. The number of fused-ring (bicyclic) bond motifs is 4. The van der Waals surface area contributed by atoms with Crippen molar-refractivity contribution in [3.63, 3.8) is 0 Å². The van der Waals surface area contributed by atoms with Gasteiger partial charge in [-0.1, -0.05) is 0 Å². The highest BCUT2D eigenvalue weighted by molar-refractivity contribution is 5.87. The molecule has 354 valence electrons. The Morgan fingerprint density at radius 3 is 1.40 bits per heavy atom. The summed E-state index contributed by atoms with van der Waals surface area (Å²) in [6, 6.07) is 9.59. The van der Waals surface area contributed by atoms with Crippen molar-refractivity contribution in [2.45, 2.75) is 104 Å². The fourth-order valence-electron chi connectivity index (χ4n) is 9.22. The minimum Gasteiger partial charge on any atom is -0.478 e. The number of hydrogen-bond acceptors (Lipinski definition) is 9. The molecule has 0 aliphatic carbocycles. The Morgan fingerprint density at radius 1 is 0.687 bits per heavy atom. The first-order valence-corrected chi connectivity index (χ1v) is 21.7. The number of nitrogens with zero attached hydrogens (tertiary/aromatic N) is 4. The molecule has 0 amide bonds. The van der Waals surface area contributed by atoms with Gasteiger partial charge in [0.15, 0.2) is 22.9 Å². The molecule has 2 aliphatic rings. The SMILES string of the molecule is COC(=O)/C=C/c1cc(F)c(C2c3cc4nc(C)oc4cc3CC(C)N2CC(C)(C)F)c(F)c1.Cc1nc2cc3c(cc2o1)CC(C)N(CC(C)(C)F)C3c1c(F)cc(/C=C/C(=O)O)cc1F. The molecule has 4 heterocycles. The maximum absolute atomic E-state index is 15.5. The van der Waals surface area contributed by atoms with E-state index in [1.807, 2.05) is 26.0 Å². The van der Waals surface area contributed by atoms with Gasteiger partial charge in [0.25, 0.3) is 0 Å². The number of carboxylic acid groups (broad SMARTS) is 1. The smallest absolute Gasteiger partial charge is 0.330 e. The summed E-state index contributed by atoms with van der Waals surface area (Å²) in [5.74, 6) is -4.12. The highest BCUT2D eigenvalue weighted by Crippen LogP contribution is 2.45. The lowest BCUT2D eigenvalue weighted by atomic mass is 9.83. The van der Waals surface area contributed by atoms with Crippen molar-refractivity contribution in [2.24, 2.45) is 0 Å². The van der Waals surface area contributed by atoms with E-state index in [1.54, 1.807) is 35.8 Å². The van der Waals surface area contributed by atoms with Crippen LogP contribution in [0.1, 0.15) is 110 Å². The van der Waals surface area contributed by atoms with E-state index in [2.05, 4.69) is 14.7 Å². The summed E-state index contributed by atoms with van der Waals surface area (Å²) in [7, 11) is 1.22. The molecular formula is C51H52F6N4O6. The van der Waals surface area contributed by atoms with Crippen LogP contribution in [0.4, 0.5) is 26.3 Å². The number of esters is 1. The third-order valence-electron chi connectivity index (χ3n) is 11.8. The van der Waals surface area contributed by atoms with Crippen molar-refractivity contribution < 1.29 is 54.6 Å². The van der Waals surface area contributed by atoms with E-state index < -0.39 is 58.6 Å². The van der Waals surface area contributed by atoms with Crippen LogP contribution >= 0.6 is 0 Å². The molecule has 0 fully saturated rings. The van der Waals surface area contributed by atoms with Gasteiger partial charge in [-0.15, -0.1) is 0 Å². The first-order chi connectivity index (χ1) is 31.4. The Labute approximate surface area is 383 Å². The molecule has 0 saturated heterocycles. The molecule has 1 N–H and O–H groups in total. The number of ether oxygens (including phenoxy) is 1. The summed E-state index contributed by atoms with van der Waals surface area (Å²) in [4.78, 5) is 34.5. The van der Waals surface area contributed by atoms with E-state index in [9.17, 15) is 18.4 Å². The molecule has 0 radical (unpaired) electrons. The van der Waals surface area contributed by atoms with Crippen LogP contribution in [0.3, 0.4) is 0 Å². The second-order valence-electron chi connectivity index (χ2n) is 18.5. The number of benzene rings is 4. The molecule has 2 aliphatic heterocycles. The number of hydrogen-bond donors (Lipinski definition) is 1. The molecule has 0 bridgehead atoms. The fourth-order valence-corrected chi connectivity index (χ4v) is 9.22. The molecule has 4 unspecified atom stereocenters. The molecule has 8 rings (SSSR count). The summed E-state index contributed by atoms with van der Waals surface area (Å²) in [5, 5.41) is 8.81. The van der Waals surface area contributed by atoms with Gasteiger partial charge in [0.2, 0.25) is 0 Å². The number of rotatable bonds is 10. The Balaban J connectivity index is 0.000000199. The van der Waals surface area contributed by atoms with Gasteiger partial charge in [0.05, 0.1) is 19.2 Å². The molecule has 4 aromatic carbocycles. The van der Waals surface area contributed by atoms with Crippen molar-refractivity contribution in [2.75, 3.05) is 20.2 Å². The highest BCUT2D eigenvalue weighted by Gasteiger charge is 2.41.